The fourth-order valence-electron chi connectivity index (χ4n) is 4.10. The fourth-order valence-corrected chi connectivity index (χ4v) is 4.10. The average molecular weight is 485 g/mol. The number of rotatable bonds is 7. The molecule has 0 spiro atoms. The second-order valence-electron chi connectivity index (χ2n) is 7.63. The maximum atomic E-state index is 4.42. The monoisotopic (exact) mass is 485 g/mol. The molecular formula is C21H36IN5. The minimum atomic E-state index is 0. The Morgan fingerprint density at radius 2 is 1.70 bits per heavy atom. The lowest BCUT2D eigenvalue weighted by molar-refractivity contribution is 0.139. The van der Waals surface area contributed by atoms with E-state index in [-0.39, 0.29) is 29.4 Å². The topological polar surface area (TPSA) is 42.9 Å². The molecule has 0 radical (unpaired) electrons. The summed E-state index contributed by atoms with van der Waals surface area (Å²) in [6.45, 7) is 11.2. The maximum absolute atomic E-state index is 4.42. The Balaban J connectivity index is 0.00000261. The van der Waals surface area contributed by atoms with E-state index in [1.165, 1.54) is 57.5 Å². The van der Waals surface area contributed by atoms with E-state index >= 15 is 0 Å². The van der Waals surface area contributed by atoms with Crippen molar-refractivity contribution in [1.82, 2.24) is 20.4 Å². The summed E-state index contributed by atoms with van der Waals surface area (Å²) >= 11 is 0. The first-order valence-corrected chi connectivity index (χ1v) is 10.2. The molecule has 1 aliphatic carbocycles. The summed E-state index contributed by atoms with van der Waals surface area (Å²) in [6.07, 6.45) is 3.86. The molecule has 2 aliphatic rings. The second-order valence-corrected chi connectivity index (χ2v) is 7.63. The highest BCUT2D eigenvalue weighted by Crippen LogP contribution is 2.43. The Morgan fingerprint density at radius 3 is 2.26 bits per heavy atom. The molecule has 1 saturated heterocycles. The van der Waals surface area contributed by atoms with E-state index in [1.807, 2.05) is 7.05 Å². The van der Waals surface area contributed by atoms with Gasteiger partial charge in [-0.3, -0.25) is 9.89 Å². The molecule has 0 bridgehead atoms. The predicted octanol–water partition coefficient (Wildman–Crippen LogP) is 2.53. The van der Waals surface area contributed by atoms with E-state index in [1.54, 1.807) is 0 Å². The van der Waals surface area contributed by atoms with Crippen LogP contribution < -0.4 is 10.6 Å². The van der Waals surface area contributed by atoms with Gasteiger partial charge in [-0.1, -0.05) is 43.7 Å². The first-order valence-electron chi connectivity index (χ1n) is 10.2. The van der Waals surface area contributed by atoms with Crippen LogP contribution in [0, 0.1) is 0 Å². The number of guanidine groups is 1. The molecule has 1 heterocycles. The molecule has 3 rings (SSSR count). The lowest BCUT2D eigenvalue weighted by Gasteiger charge is -2.43. The SMILES string of the molecule is CCN1CCN(CCNC(=NC)NCC2(c3ccccc3)CCC2)CC1.I. The molecule has 27 heavy (non-hydrogen) atoms. The smallest absolute Gasteiger partial charge is 0.191 e. The van der Waals surface area contributed by atoms with E-state index in [2.05, 4.69) is 62.7 Å². The molecule has 5 nitrogen and oxygen atoms in total. The molecule has 0 unspecified atom stereocenters. The van der Waals surface area contributed by atoms with Crippen LogP contribution in [0.5, 0.6) is 0 Å². The number of benzene rings is 1. The van der Waals surface area contributed by atoms with Gasteiger partial charge in [-0.25, -0.2) is 0 Å². The van der Waals surface area contributed by atoms with Gasteiger partial charge in [-0.2, -0.15) is 0 Å². The standard InChI is InChI=1S/C21H35N5.HI/c1-3-25-14-16-26(17-15-25)13-12-23-20(22-2)24-18-21(10-7-11-21)19-8-5-4-6-9-19;/h4-6,8-9H,3,7,10-18H2,1-2H3,(H2,22,23,24);1H. The van der Waals surface area contributed by atoms with Crippen LogP contribution in [0.15, 0.2) is 35.3 Å². The zero-order valence-corrected chi connectivity index (χ0v) is 19.2. The van der Waals surface area contributed by atoms with Crippen molar-refractivity contribution >= 4 is 29.9 Å². The molecule has 1 saturated carbocycles. The largest absolute Gasteiger partial charge is 0.356 e. The molecule has 6 heteroatoms. The number of piperazine rings is 1. The van der Waals surface area contributed by atoms with Gasteiger partial charge in [0.15, 0.2) is 5.96 Å². The summed E-state index contributed by atoms with van der Waals surface area (Å²) in [7, 11) is 1.87. The van der Waals surface area contributed by atoms with Crippen molar-refractivity contribution in [3.63, 3.8) is 0 Å². The van der Waals surface area contributed by atoms with Crippen LogP contribution in [0.2, 0.25) is 0 Å². The van der Waals surface area contributed by atoms with Gasteiger partial charge < -0.3 is 15.5 Å². The van der Waals surface area contributed by atoms with Crippen molar-refractivity contribution in [2.75, 3.05) is 59.4 Å². The molecule has 152 valence electrons. The summed E-state index contributed by atoms with van der Waals surface area (Å²) < 4.78 is 0. The van der Waals surface area contributed by atoms with E-state index in [4.69, 9.17) is 0 Å². The Bertz CT molecular complexity index is 565. The van der Waals surface area contributed by atoms with Crippen molar-refractivity contribution in [2.45, 2.75) is 31.6 Å². The first-order chi connectivity index (χ1) is 12.8. The second kappa shape index (κ2) is 11.2. The van der Waals surface area contributed by atoms with Crippen molar-refractivity contribution in [3.8, 4) is 0 Å². The Morgan fingerprint density at radius 1 is 1.04 bits per heavy atom. The minimum absolute atomic E-state index is 0. The van der Waals surface area contributed by atoms with Crippen LogP contribution in [0.4, 0.5) is 0 Å². The molecule has 1 aromatic carbocycles. The van der Waals surface area contributed by atoms with Gasteiger partial charge in [0.2, 0.25) is 0 Å². The summed E-state index contributed by atoms with van der Waals surface area (Å²) in [4.78, 5) is 9.48. The molecule has 2 fully saturated rings. The van der Waals surface area contributed by atoms with Gasteiger partial charge in [0.05, 0.1) is 0 Å². The first kappa shape index (κ1) is 22.4. The lowest BCUT2D eigenvalue weighted by atomic mass is 9.64. The van der Waals surface area contributed by atoms with E-state index < -0.39 is 0 Å². The molecule has 0 aromatic heterocycles. The molecule has 0 amide bonds. The quantitative estimate of drug-likeness (QED) is 0.354. The van der Waals surface area contributed by atoms with Crippen LogP contribution in [0.3, 0.4) is 0 Å². The number of nitrogens with one attached hydrogen (secondary N) is 2. The molecule has 1 aliphatic heterocycles. The molecule has 1 aromatic rings. The van der Waals surface area contributed by atoms with Gasteiger partial charge in [-0.15, -0.1) is 24.0 Å². The number of likely N-dealkylation sites (N-methyl/N-ethyl adjacent to an activating group) is 1. The van der Waals surface area contributed by atoms with Crippen molar-refractivity contribution < 1.29 is 0 Å². The van der Waals surface area contributed by atoms with Gasteiger partial charge in [0.1, 0.15) is 0 Å². The predicted molar refractivity (Wildman–Crippen MR) is 125 cm³/mol. The number of nitrogens with zero attached hydrogens (tertiary/aromatic N) is 3. The van der Waals surface area contributed by atoms with Crippen LogP contribution >= 0.6 is 24.0 Å². The number of aliphatic imine (C=N–C) groups is 1. The average Bonchev–Trinajstić information content (AvgIpc) is 2.67. The third kappa shape index (κ3) is 6.06. The van der Waals surface area contributed by atoms with Gasteiger partial charge in [0.25, 0.3) is 0 Å². The third-order valence-corrected chi connectivity index (χ3v) is 6.15. The van der Waals surface area contributed by atoms with E-state index in [0.717, 1.165) is 25.6 Å². The summed E-state index contributed by atoms with van der Waals surface area (Å²) in [5.74, 6) is 0.930. The van der Waals surface area contributed by atoms with Gasteiger partial charge in [0, 0.05) is 58.3 Å². The third-order valence-electron chi connectivity index (χ3n) is 6.15. The van der Waals surface area contributed by atoms with E-state index in [9.17, 15) is 0 Å². The minimum Gasteiger partial charge on any atom is -0.356 e. The van der Waals surface area contributed by atoms with Crippen LogP contribution in [0.1, 0.15) is 31.7 Å². The Kier molecular flexibility index (Phi) is 9.32. The lowest BCUT2D eigenvalue weighted by Crippen LogP contribution is -2.51. The molecule has 2 N–H and O–H groups in total. The van der Waals surface area contributed by atoms with Gasteiger partial charge >= 0.3 is 0 Å². The highest BCUT2D eigenvalue weighted by atomic mass is 127. The highest BCUT2D eigenvalue weighted by Gasteiger charge is 2.38. The summed E-state index contributed by atoms with van der Waals surface area (Å²) in [5.41, 5.74) is 1.75. The van der Waals surface area contributed by atoms with Crippen molar-refractivity contribution in [1.29, 1.82) is 0 Å². The summed E-state index contributed by atoms with van der Waals surface area (Å²) in [6, 6.07) is 10.9. The van der Waals surface area contributed by atoms with Crippen LogP contribution in [-0.4, -0.2) is 75.2 Å². The van der Waals surface area contributed by atoms with Crippen LogP contribution in [0.25, 0.3) is 0 Å². The van der Waals surface area contributed by atoms with Crippen LogP contribution in [-0.2, 0) is 5.41 Å². The summed E-state index contributed by atoms with van der Waals surface area (Å²) in [5, 5.41) is 7.07. The zero-order chi connectivity index (χ0) is 18.2. The van der Waals surface area contributed by atoms with Crippen molar-refractivity contribution in [3.05, 3.63) is 35.9 Å². The number of hydrogen-bond acceptors (Lipinski definition) is 3. The maximum Gasteiger partial charge on any atom is 0.191 e. The molecular weight excluding hydrogens is 449 g/mol. The normalized spacial score (nSPS) is 20.4. The number of halogens is 1. The number of hydrogen-bond donors (Lipinski definition) is 2. The van der Waals surface area contributed by atoms with Gasteiger partial charge in [-0.05, 0) is 24.9 Å². The fraction of sp³-hybridized carbons (Fsp3) is 0.667. The highest BCUT2D eigenvalue weighted by molar-refractivity contribution is 14.0. The van der Waals surface area contributed by atoms with Crippen molar-refractivity contribution in [2.24, 2.45) is 4.99 Å². The molecule has 0 atom stereocenters. The Hall–Kier alpha value is -0.860. The Labute approximate surface area is 182 Å². The zero-order valence-electron chi connectivity index (χ0n) is 16.9. The van der Waals surface area contributed by atoms with E-state index in [0.29, 0.717) is 0 Å².